The van der Waals surface area contributed by atoms with E-state index in [1.807, 2.05) is 90.5 Å². The van der Waals surface area contributed by atoms with Gasteiger partial charge in [0.15, 0.2) is 17.5 Å². The Morgan fingerprint density at radius 2 is 1.19 bits per heavy atom. The summed E-state index contributed by atoms with van der Waals surface area (Å²) in [6, 6.07) is 46.0. The van der Waals surface area contributed by atoms with Crippen molar-refractivity contribution >= 4 is 64.2 Å². The molecular weight excluding hydrogens is 609 g/mol. The molecule has 10 rings (SSSR count). The highest BCUT2D eigenvalue weighted by Gasteiger charge is 2.21. The highest BCUT2D eigenvalue weighted by molar-refractivity contribution is 7.26. The molecule has 224 valence electrons. The molecule has 48 heavy (non-hydrogen) atoms. The largest absolute Gasteiger partial charge is 0.456 e. The van der Waals surface area contributed by atoms with Crippen molar-refractivity contribution in [2.24, 2.45) is 0 Å². The number of thiophene rings is 1. The number of benzene rings is 6. The number of hydrogen-bond donors (Lipinski definition) is 0. The lowest BCUT2D eigenvalue weighted by Gasteiger charge is -2.11. The molecule has 6 heteroatoms. The molecule has 5 nitrogen and oxygen atoms in total. The molecule has 0 fully saturated rings. The maximum Gasteiger partial charge on any atom is 0.164 e. The van der Waals surface area contributed by atoms with Gasteiger partial charge in [0.1, 0.15) is 11.2 Å². The fourth-order valence-corrected chi connectivity index (χ4v) is 7.96. The number of nitrogens with zero attached hydrogens (tertiary/aromatic N) is 4. The predicted molar refractivity (Wildman–Crippen MR) is 197 cm³/mol. The Bertz CT molecular complexity index is 2780. The van der Waals surface area contributed by atoms with Crippen LogP contribution in [-0.4, -0.2) is 19.9 Å². The maximum absolute atomic E-state index is 6.69. The Labute approximate surface area is 278 Å². The summed E-state index contributed by atoms with van der Waals surface area (Å²) in [5, 5.41) is 6.61. The third-order valence-electron chi connectivity index (χ3n) is 8.99. The van der Waals surface area contributed by atoms with E-state index in [0.29, 0.717) is 17.5 Å². The van der Waals surface area contributed by atoms with Crippen LogP contribution in [0.25, 0.3) is 98.2 Å². The molecule has 0 bridgehead atoms. The number of furan rings is 1. The van der Waals surface area contributed by atoms with E-state index in [-0.39, 0.29) is 0 Å². The van der Waals surface area contributed by atoms with Crippen LogP contribution >= 0.6 is 11.3 Å². The first kappa shape index (κ1) is 26.9. The van der Waals surface area contributed by atoms with Crippen LogP contribution in [0.1, 0.15) is 0 Å². The van der Waals surface area contributed by atoms with Crippen molar-refractivity contribution in [2.75, 3.05) is 0 Å². The van der Waals surface area contributed by atoms with Crippen molar-refractivity contribution in [2.45, 2.75) is 0 Å². The van der Waals surface area contributed by atoms with E-state index < -0.39 is 0 Å². The molecular formula is C42H24N4OS. The zero-order valence-electron chi connectivity index (χ0n) is 25.5. The lowest BCUT2D eigenvalue weighted by atomic mass is 9.96. The van der Waals surface area contributed by atoms with Gasteiger partial charge in [0, 0.05) is 65.4 Å². The number of fused-ring (bicyclic) bond motifs is 7. The van der Waals surface area contributed by atoms with Crippen LogP contribution in [0.15, 0.2) is 150 Å². The minimum absolute atomic E-state index is 0.593. The Hall–Kier alpha value is -6.24. The lowest BCUT2D eigenvalue weighted by molar-refractivity contribution is 0.669. The first-order chi connectivity index (χ1) is 23.8. The molecule has 6 aromatic carbocycles. The van der Waals surface area contributed by atoms with Gasteiger partial charge in [-0.1, -0.05) is 97.1 Å². The molecule has 0 aliphatic carbocycles. The van der Waals surface area contributed by atoms with Gasteiger partial charge in [-0.25, -0.2) is 15.0 Å². The van der Waals surface area contributed by atoms with Crippen LogP contribution in [0.2, 0.25) is 0 Å². The minimum atomic E-state index is 0.593. The van der Waals surface area contributed by atoms with Gasteiger partial charge in [-0.3, -0.25) is 4.98 Å². The summed E-state index contributed by atoms with van der Waals surface area (Å²) in [5.74, 6) is 1.83. The van der Waals surface area contributed by atoms with E-state index in [1.54, 1.807) is 0 Å². The second-order valence-electron chi connectivity index (χ2n) is 11.9. The summed E-state index contributed by atoms with van der Waals surface area (Å²) in [7, 11) is 0. The SMILES string of the molecule is c1ccc(-c2nc(-c3ccccc3)nc(-c3cc(-c4cccc5c4sc4ccccc45)cc4oc5cc6cnccc6cc5c34)n2)cc1. The molecule has 0 atom stereocenters. The zero-order valence-corrected chi connectivity index (χ0v) is 26.3. The van der Waals surface area contributed by atoms with Crippen molar-refractivity contribution in [1.29, 1.82) is 0 Å². The molecule has 0 saturated heterocycles. The molecule has 0 amide bonds. The minimum Gasteiger partial charge on any atom is -0.456 e. The molecule has 0 saturated carbocycles. The normalized spacial score (nSPS) is 11.8. The molecule has 0 N–H and O–H groups in total. The summed E-state index contributed by atoms with van der Waals surface area (Å²) < 4.78 is 9.19. The van der Waals surface area contributed by atoms with Gasteiger partial charge in [0.25, 0.3) is 0 Å². The quantitative estimate of drug-likeness (QED) is 0.193. The topological polar surface area (TPSA) is 64.7 Å². The van der Waals surface area contributed by atoms with Crippen LogP contribution in [0, 0.1) is 0 Å². The van der Waals surface area contributed by atoms with Gasteiger partial charge in [0.05, 0.1) is 0 Å². The van der Waals surface area contributed by atoms with Gasteiger partial charge in [0.2, 0.25) is 0 Å². The number of aromatic nitrogens is 4. The predicted octanol–water partition coefficient (Wildman–Crippen LogP) is 11.4. The van der Waals surface area contributed by atoms with E-state index >= 15 is 0 Å². The van der Waals surface area contributed by atoms with Gasteiger partial charge in [-0.05, 0) is 52.9 Å². The second kappa shape index (κ2) is 10.7. The molecule has 0 aliphatic rings. The maximum atomic E-state index is 6.69. The van der Waals surface area contributed by atoms with Crippen molar-refractivity contribution < 1.29 is 4.42 Å². The molecule has 4 aromatic heterocycles. The van der Waals surface area contributed by atoms with Crippen LogP contribution < -0.4 is 0 Å². The molecule has 10 aromatic rings. The highest BCUT2D eigenvalue weighted by atomic mass is 32.1. The average molecular weight is 633 g/mol. The lowest BCUT2D eigenvalue weighted by Crippen LogP contribution is -2.00. The first-order valence-electron chi connectivity index (χ1n) is 15.8. The first-order valence-corrected chi connectivity index (χ1v) is 16.6. The standard InChI is InChI=1S/C42H24N4OS/c1-3-10-25(11-4-1)40-44-41(26-12-5-2-6-13-26)46-42(45-40)34-21-28(30-15-9-16-32-31-14-7-8-17-37(31)48-39(30)32)22-36-38(34)33-20-27-18-19-43-24-29(27)23-35(33)47-36/h1-24H. The van der Waals surface area contributed by atoms with Gasteiger partial charge >= 0.3 is 0 Å². The molecule has 0 radical (unpaired) electrons. The van der Waals surface area contributed by atoms with Gasteiger partial charge in [-0.2, -0.15) is 0 Å². The highest BCUT2D eigenvalue weighted by Crippen LogP contribution is 2.44. The summed E-state index contributed by atoms with van der Waals surface area (Å²) in [6.45, 7) is 0. The van der Waals surface area contributed by atoms with E-state index in [1.165, 1.54) is 20.2 Å². The third-order valence-corrected chi connectivity index (χ3v) is 10.2. The molecule has 0 unspecified atom stereocenters. The van der Waals surface area contributed by atoms with Crippen molar-refractivity contribution in [3.63, 3.8) is 0 Å². The van der Waals surface area contributed by atoms with Crippen molar-refractivity contribution in [3.05, 3.63) is 146 Å². The third kappa shape index (κ3) is 4.31. The second-order valence-corrected chi connectivity index (χ2v) is 12.9. The molecule has 0 spiro atoms. The zero-order chi connectivity index (χ0) is 31.6. The fraction of sp³-hybridized carbons (Fsp3) is 0. The monoisotopic (exact) mass is 632 g/mol. The van der Waals surface area contributed by atoms with Crippen LogP contribution in [0.4, 0.5) is 0 Å². The summed E-state index contributed by atoms with van der Waals surface area (Å²) >= 11 is 1.82. The molecule has 0 aliphatic heterocycles. The van der Waals surface area contributed by atoms with E-state index in [0.717, 1.165) is 60.5 Å². The van der Waals surface area contributed by atoms with Crippen LogP contribution in [0.5, 0.6) is 0 Å². The van der Waals surface area contributed by atoms with Crippen molar-refractivity contribution in [3.8, 4) is 45.3 Å². The summed E-state index contributed by atoms with van der Waals surface area (Å²) in [4.78, 5) is 19.6. The van der Waals surface area contributed by atoms with E-state index in [9.17, 15) is 0 Å². The van der Waals surface area contributed by atoms with Crippen LogP contribution in [-0.2, 0) is 0 Å². The van der Waals surface area contributed by atoms with E-state index in [2.05, 4.69) is 71.7 Å². The van der Waals surface area contributed by atoms with Gasteiger partial charge in [-0.15, -0.1) is 11.3 Å². The van der Waals surface area contributed by atoms with E-state index in [4.69, 9.17) is 19.4 Å². The Kier molecular flexibility index (Phi) is 5.98. The molecule has 4 heterocycles. The Morgan fingerprint density at radius 3 is 1.98 bits per heavy atom. The Balaban J connectivity index is 1.31. The van der Waals surface area contributed by atoms with Crippen LogP contribution in [0.3, 0.4) is 0 Å². The summed E-state index contributed by atoms with van der Waals surface area (Å²) in [6.07, 6.45) is 3.70. The fourth-order valence-electron chi connectivity index (χ4n) is 6.72. The summed E-state index contributed by atoms with van der Waals surface area (Å²) in [5.41, 5.74) is 6.51. The average Bonchev–Trinajstić information content (AvgIpc) is 3.72. The van der Waals surface area contributed by atoms with Crippen molar-refractivity contribution in [1.82, 2.24) is 19.9 Å². The number of pyridine rings is 1. The number of rotatable bonds is 4. The smallest absolute Gasteiger partial charge is 0.164 e. The van der Waals surface area contributed by atoms with Gasteiger partial charge < -0.3 is 4.42 Å². The number of hydrogen-bond acceptors (Lipinski definition) is 6. The Morgan fingerprint density at radius 1 is 0.479 bits per heavy atom.